The second-order valence-electron chi connectivity index (χ2n) is 5.16. The van der Waals surface area contributed by atoms with Crippen LogP contribution in [0, 0.1) is 6.92 Å². The van der Waals surface area contributed by atoms with Gasteiger partial charge in [-0.05, 0) is 44.0 Å². The number of aryl methyl sites for hydroxylation is 1. The molecule has 6 heteroatoms. The van der Waals surface area contributed by atoms with E-state index in [9.17, 15) is 4.79 Å². The zero-order valence-corrected chi connectivity index (χ0v) is 13.3. The van der Waals surface area contributed by atoms with Crippen molar-refractivity contribution in [1.82, 2.24) is 10.1 Å². The average molecular weight is 350 g/mol. The van der Waals surface area contributed by atoms with Crippen molar-refractivity contribution in [2.75, 3.05) is 11.9 Å². The molecule has 0 aliphatic carbocycles. The fourth-order valence-electron chi connectivity index (χ4n) is 2.57. The lowest BCUT2D eigenvalue weighted by atomic mass is 10.1. The topological polar surface area (TPSA) is 58.4 Å². The highest BCUT2D eigenvalue weighted by Gasteiger charge is 2.32. The Morgan fingerprint density at radius 3 is 2.86 bits per heavy atom. The molecule has 1 aliphatic rings. The second kappa shape index (κ2) is 5.89. The first-order valence-corrected chi connectivity index (χ1v) is 7.69. The summed E-state index contributed by atoms with van der Waals surface area (Å²) in [7, 11) is 0. The Hall–Kier alpha value is -1.82. The number of anilines is 1. The smallest absolute Gasteiger partial charge is 0.322 e. The number of hydrogen-bond acceptors (Lipinski definition) is 3. The van der Waals surface area contributed by atoms with E-state index in [4.69, 9.17) is 4.52 Å². The van der Waals surface area contributed by atoms with E-state index in [1.807, 2.05) is 42.2 Å². The Labute approximate surface area is 131 Å². The van der Waals surface area contributed by atoms with Crippen LogP contribution in [0.15, 0.2) is 39.3 Å². The number of carbonyl (C=O) groups excluding carboxylic acids is 1. The molecule has 3 rings (SSSR count). The number of nitrogens with one attached hydrogen (secondary N) is 1. The molecule has 2 heterocycles. The summed E-state index contributed by atoms with van der Waals surface area (Å²) >= 11 is 3.38. The number of halogens is 1. The van der Waals surface area contributed by atoms with E-state index in [2.05, 4.69) is 26.4 Å². The second-order valence-corrected chi connectivity index (χ2v) is 6.07. The number of urea groups is 1. The minimum Gasteiger partial charge on any atom is -0.359 e. The summed E-state index contributed by atoms with van der Waals surface area (Å²) in [5, 5.41) is 6.83. The monoisotopic (exact) mass is 349 g/mol. The number of carbonyl (C=O) groups is 1. The predicted molar refractivity (Wildman–Crippen MR) is 83.1 cm³/mol. The van der Waals surface area contributed by atoms with Crippen LogP contribution >= 0.6 is 15.9 Å². The van der Waals surface area contributed by atoms with E-state index in [-0.39, 0.29) is 12.1 Å². The lowest BCUT2D eigenvalue weighted by Crippen LogP contribution is -2.34. The van der Waals surface area contributed by atoms with Crippen LogP contribution in [0.1, 0.15) is 30.3 Å². The van der Waals surface area contributed by atoms with Gasteiger partial charge in [-0.15, -0.1) is 0 Å². The summed E-state index contributed by atoms with van der Waals surface area (Å²) in [6.45, 7) is 2.61. The van der Waals surface area contributed by atoms with Crippen molar-refractivity contribution in [3.05, 3.63) is 46.3 Å². The molecule has 0 spiro atoms. The number of benzene rings is 1. The Kier molecular flexibility index (Phi) is 3.96. The van der Waals surface area contributed by atoms with Crippen molar-refractivity contribution in [3.8, 4) is 0 Å². The summed E-state index contributed by atoms with van der Waals surface area (Å²) in [6, 6.07) is 9.30. The van der Waals surface area contributed by atoms with E-state index in [1.54, 1.807) is 0 Å². The van der Waals surface area contributed by atoms with Gasteiger partial charge in [0.05, 0.1) is 11.7 Å². The van der Waals surface area contributed by atoms with Crippen LogP contribution in [0.4, 0.5) is 10.5 Å². The van der Waals surface area contributed by atoms with Gasteiger partial charge >= 0.3 is 6.03 Å². The number of nitrogens with zero attached hydrogens (tertiary/aromatic N) is 2. The summed E-state index contributed by atoms with van der Waals surface area (Å²) in [4.78, 5) is 14.2. The standard InChI is InChI=1S/C15H16BrN3O2/c1-10-9-14(21-18-10)13-3-2-8-19(13)15(20)17-12-6-4-11(16)5-7-12/h4-7,9,13H,2-3,8H2,1H3,(H,17,20)/t13-/m1/s1. The molecule has 1 aliphatic heterocycles. The largest absolute Gasteiger partial charge is 0.359 e. The quantitative estimate of drug-likeness (QED) is 0.887. The highest BCUT2D eigenvalue weighted by Crippen LogP contribution is 2.32. The molecule has 0 bridgehead atoms. The van der Waals surface area contributed by atoms with Gasteiger partial charge in [-0.2, -0.15) is 0 Å². The molecule has 0 unspecified atom stereocenters. The lowest BCUT2D eigenvalue weighted by molar-refractivity contribution is 0.195. The molecular weight excluding hydrogens is 334 g/mol. The van der Waals surface area contributed by atoms with E-state index in [1.165, 1.54) is 0 Å². The third-order valence-corrected chi connectivity index (χ3v) is 4.11. The molecule has 5 nitrogen and oxygen atoms in total. The first kappa shape index (κ1) is 14.1. The van der Waals surface area contributed by atoms with Crippen molar-refractivity contribution in [2.24, 2.45) is 0 Å². The molecule has 21 heavy (non-hydrogen) atoms. The molecule has 110 valence electrons. The number of rotatable bonds is 2. The number of amides is 2. The Morgan fingerprint density at radius 1 is 1.43 bits per heavy atom. The predicted octanol–water partition coefficient (Wildman–Crippen LogP) is 4.11. The van der Waals surface area contributed by atoms with Crippen LogP contribution < -0.4 is 5.32 Å². The van der Waals surface area contributed by atoms with Crippen molar-refractivity contribution in [3.63, 3.8) is 0 Å². The summed E-state index contributed by atoms with van der Waals surface area (Å²) in [5.74, 6) is 0.760. The van der Waals surface area contributed by atoms with Gasteiger partial charge < -0.3 is 14.7 Å². The third kappa shape index (κ3) is 3.10. The molecule has 1 N–H and O–H groups in total. The van der Waals surface area contributed by atoms with Crippen LogP contribution in [-0.4, -0.2) is 22.6 Å². The number of hydrogen-bond donors (Lipinski definition) is 1. The summed E-state index contributed by atoms with van der Waals surface area (Å²) in [6.07, 6.45) is 1.88. The molecule has 2 aromatic rings. The van der Waals surface area contributed by atoms with Crippen LogP contribution in [0.3, 0.4) is 0 Å². The highest BCUT2D eigenvalue weighted by atomic mass is 79.9. The van der Waals surface area contributed by atoms with Gasteiger partial charge in [-0.25, -0.2) is 4.79 Å². The van der Waals surface area contributed by atoms with Crippen molar-refractivity contribution >= 4 is 27.6 Å². The number of likely N-dealkylation sites (tertiary alicyclic amines) is 1. The van der Waals surface area contributed by atoms with Crippen molar-refractivity contribution < 1.29 is 9.32 Å². The van der Waals surface area contributed by atoms with Gasteiger partial charge in [0.1, 0.15) is 0 Å². The normalized spacial score (nSPS) is 18.0. The maximum Gasteiger partial charge on any atom is 0.322 e. The molecule has 1 fully saturated rings. The minimum absolute atomic E-state index is 0.0263. The van der Waals surface area contributed by atoms with E-state index in [0.717, 1.165) is 41.0 Å². The van der Waals surface area contributed by atoms with Gasteiger partial charge in [0.25, 0.3) is 0 Å². The molecule has 1 saturated heterocycles. The van der Waals surface area contributed by atoms with Gasteiger partial charge in [0.15, 0.2) is 5.76 Å². The van der Waals surface area contributed by atoms with E-state index < -0.39 is 0 Å². The fourth-order valence-corrected chi connectivity index (χ4v) is 2.84. The Bertz CT molecular complexity index is 639. The van der Waals surface area contributed by atoms with Gasteiger partial charge in [0.2, 0.25) is 0 Å². The maximum absolute atomic E-state index is 12.4. The van der Waals surface area contributed by atoms with Crippen LogP contribution in [0.5, 0.6) is 0 Å². The zero-order chi connectivity index (χ0) is 14.8. The maximum atomic E-state index is 12.4. The third-order valence-electron chi connectivity index (χ3n) is 3.58. The highest BCUT2D eigenvalue weighted by molar-refractivity contribution is 9.10. The molecule has 0 saturated carbocycles. The first-order valence-electron chi connectivity index (χ1n) is 6.90. The molecule has 1 aromatic heterocycles. The van der Waals surface area contributed by atoms with Crippen LogP contribution in [0.2, 0.25) is 0 Å². The number of aromatic nitrogens is 1. The van der Waals surface area contributed by atoms with Gasteiger partial charge in [-0.3, -0.25) is 0 Å². The van der Waals surface area contributed by atoms with Crippen LogP contribution in [-0.2, 0) is 0 Å². The summed E-state index contributed by atoms with van der Waals surface area (Å²) < 4.78 is 6.30. The fraction of sp³-hybridized carbons (Fsp3) is 0.333. The van der Waals surface area contributed by atoms with Crippen molar-refractivity contribution in [2.45, 2.75) is 25.8 Å². The molecule has 2 amide bonds. The Balaban J connectivity index is 1.72. The molecule has 1 atom stereocenters. The van der Waals surface area contributed by atoms with E-state index in [0.29, 0.717) is 0 Å². The van der Waals surface area contributed by atoms with Gasteiger partial charge in [0, 0.05) is 22.8 Å². The van der Waals surface area contributed by atoms with Crippen molar-refractivity contribution in [1.29, 1.82) is 0 Å². The molecule has 0 radical (unpaired) electrons. The SMILES string of the molecule is Cc1cc([C@H]2CCCN2C(=O)Nc2ccc(Br)cc2)on1. The average Bonchev–Trinajstić information content (AvgIpc) is 3.09. The van der Waals surface area contributed by atoms with Crippen LogP contribution in [0.25, 0.3) is 0 Å². The molecular formula is C15H16BrN3O2. The zero-order valence-electron chi connectivity index (χ0n) is 11.7. The summed E-state index contributed by atoms with van der Waals surface area (Å²) in [5.41, 5.74) is 1.62. The lowest BCUT2D eigenvalue weighted by Gasteiger charge is -2.23. The Morgan fingerprint density at radius 2 is 2.19 bits per heavy atom. The minimum atomic E-state index is -0.103. The molecule has 1 aromatic carbocycles. The van der Waals surface area contributed by atoms with Gasteiger partial charge in [-0.1, -0.05) is 21.1 Å². The van der Waals surface area contributed by atoms with E-state index >= 15 is 0 Å². The first-order chi connectivity index (χ1) is 10.1.